The van der Waals surface area contributed by atoms with E-state index in [-0.39, 0.29) is 5.56 Å². The molecule has 0 atom stereocenters. The molecule has 0 aliphatic carbocycles. The van der Waals surface area contributed by atoms with Crippen molar-refractivity contribution in [2.24, 2.45) is 5.10 Å². The Hall–Kier alpha value is -1.80. The minimum Gasteiger partial charge on any atom is -0.478 e. The highest BCUT2D eigenvalue weighted by Crippen LogP contribution is 2.33. The molecule has 20 heavy (non-hydrogen) atoms. The number of hydrogen-bond donors (Lipinski definition) is 1. The van der Waals surface area contributed by atoms with Crippen molar-refractivity contribution >= 4 is 45.8 Å². The minimum atomic E-state index is -0.919. The van der Waals surface area contributed by atoms with E-state index < -0.39 is 5.97 Å². The molecule has 0 amide bonds. The molecule has 6 nitrogen and oxygen atoms in total. The van der Waals surface area contributed by atoms with Crippen LogP contribution < -0.4 is 0 Å². The van der Waals surface area contributed by atoms with E-state index in [2.05, 4.69) is 21.9 Å². The van der Waals surface area contributed by atoms with Gasteiger partial charge >= 0.3 is 5.97 Å². The van der Waals surface area contributed by atoms with Crippen LogP contribution in [0.5, 0.6) is 0 Å². The Balaban J connectivity index is 1.79. The lowest BCUT2D eigenvalue weighted by molar-refractivity contribution is 0.0697. The number of aromatic carboxylic acids is 1. The Labute approximate surface area is 123 Å². The fraction of sp³-hybridized carbons (Fsp3) is 0.250. The molecule has 0 bridgehead atoms. The fourth-order valence-corrected chi connectivity index (χ4v) is 3.79. The van der Waals surface area contributed by atoms with Crippen molar-refractivity contribution in [3.05, 3.63) is 23.8 Å². The van der Waals surface area contributed by atoms with Crippen LogP contribution in [0, 0.1) is 0 Å². The van der Waals surface area contributed by atoms with Crippen LogP contribution in [0.4, 0.5) is 0 Å². The third-order valence-corrected chi connectivity index (χ3v) is 4.81. The molecule has 104 valence electrons. The van der Waals surface area contributed by atoms with Crippen LogP contribution in [0.3, 0.4) is 0 Å². The molecule has 1 N–H and O–H groups in total. The molecule has 1 aliphatic heterocycles. The van der Waals surface area contributed by atoms with E-state index in [0.717, 1.165) is 27.8 Å². The van der Waals surface area contributed by atoms with Crippen LogP contribution in [-0.2, 0) is 0 Å². The summed E-state index contributed by atoms with van der Waals surface area (Å²) in [7, 11) is 0. The number of hydrazone groups is 1. The zero-order valence-electron chi connectivity index (χ0n) is 10.7. The first kappa shape index (κ1) is 13.2. The molecule has 0 saturated carbocycles. The van der Waals surface area contributed by atoms with E-state index in [9.17, 15) is 4.79 Å². The quantitative estimate of drug-likeness (QED) is 0.875. The molecule has 1 aromatic heterocycles. The Morgan fingerprint density at radius 2 is 2.40 bits per heavy atom. The van der Waals surface area contributed by atoms with Crippen molar-refractivity contribution in [3.8, 4) is 0 Å². The summed E-state index contributed by atoms with van der Waals surface area (Å²) in [6, 6.07) is 4.97. The highest BCUT2D eigenvalue weighted by molar-refractivity contribution is 7.98. The van der Waals surface area contributed by atoms with Gasteiger partial charge in [-0.2, -0.15) is 5.10 Å². The molecule has 2 aromatic rings. The van der Waals surface area contributed by atoms with Gasteiger partial charge in [-0.3, -0.25) is 0 Å². The van der Waals surface area contributed by atoms with Gasteiger partial charge in [0.05, 0.1) is 15.8 Å². The number of rotatable bonds is 4. The SMILES string of the molecule is CCN1C=NN(Sc2nc3ccc(C(=O)O)cc3s2)C1. The minimum absolute atomic E-state index is 0.286. The third-order valence-electron chi connectivity index (χ3n) is 2.85. The Morgan fingerprint density at radius 1 is 1.55 bits per heavy atom. The maximum atomic E-state index is 10.9. The predicted octanol–water partition coefficient (Wildman–Crippen LogP) is 2.54. The highest BCUT2D eigenvalue weighted by atomic mass is 32.2. The van der Waals surface area contributed by atoms with Crippen LogP contribution >= 0.6 is 23.3 Å². The number of carbonyl (C=O) groups is 1. The second-order valence-electron chi connectivity index (χ2n) is 4.19. The highest BCUT2D eigenvalue weighted by Gasteiger charge is 2.16. The van der Waals surface area contributed by atoms with Gasteiger partial charge in [0.2, 0.25) is 0 Å². The van der Waals surface area contributed by atoms with Crippen molar-refractivity contribution in [1.82, 2.24) is 14.3 Å². The lowest BCUT2D eigenvalue weighted by Crippen LogP contribution is -2.22. The molecule has 3 rings (SSSR count). The first-order valence-electron chi connectivity index (χ1n) is 6.03. The third kappa shape index (κ3) is 2.56. The predicted molar refractivity (Wildman–Crippen MR) is 80.0 cm³/mol. The molecular formula is C12H12N4O2S2. The van der Waals surface area contributed by atoms with Gasteiger partial charge in [0.15, 0.2) is 4.34 Å². The van der Waals surface area contributed by atoms with Gasteiger partial charge in [0.25, 0.3) is 0 Å². The number of hydrogen-bond acceptors (Lipinski definition) is 7. The largest absolute Gasteiger partial charge is 0.478 e. The summed E-state index contributed by atoms with van der Waals surface area (Å²) >= 11 is 2.94. The van der Waals surface area contributed by atoms with E-state index in [1.54, 1.807) is 18.2 Å². The van der Waals surface area contributed by atoms with E-state index in [0.29, 0.717) is 0 Å². The molecule has 0 fully saturated rings. The molecular weight excluding hydrogens is 296 g/mol. The topological polar surface area (TPSA) is 69.0 Å². The van der Waals surface area contributed by atoms with Gasteiger partial charge in [-0.25, -0.2) is 14.2 Å². The first-order valence-corrected chi connectivity index (χ1v) is 7.62. The Kier molecular flexibility index (Phi) is 3.49. The number of thiazole rings is 1. The molecule has 8 heteroatoms. The number of nitrogens with zero attached hydrogens (tertiary/aromatic N) is 4. The number of carboxylic acid groups (broad SMARTS) is 1. The van der Waals surface area contributed by atoms with Crippen LogP contribution in [-0.4, -0.2) is 44.9 Å². The Morgan fingerprint density at radius 3 is 3.10 bits per heavy atom. The zero-order chi connectivity index (χ0) is 14.1. The average molecular weight is 308 g/mol. The van der Waals surface area contributed by atoms with E-state index in [1.807, 2.05) is 10.8 Å². The standard InChI is InChI=1S/C12H12N4O2S2/c1-2-15-6-13-16(7-15)20-12-14-9-4-3-8(11(17)18)5-10(9)19-12/h3-6H,2,7H2,1H3,(H,17,18). The van der Waals surface area contributed by atoms with Crippen molar-refractivity contribution in [2.45, 2.75) is 11.3 Å². The summed E-state index contributed by atoms with van der Waals surface area (Å²) in [6.45, 7) is 3.73. The molecule has 1 aliphatic rings. The second-order valence-corrected chi connectivity index (χ2v) is 6.47. The normalized spacial score (nSPS) is 14.4. The number of aromatic nitrogens is 1. The van der Waals surface area contributed by atoms with Crippen molar-refractivity contribution < 1.29 is 9.90 Å². The van der Waals surface area contributed by atoms with Gasteiger partial charge in [-0.05, 0) is 25.1 Å². The van der Waals surface area contributed by atoms with Crippen molar-refractivity contribution in [1.29, 1.82) is 0 Å². The molecule has 1 aromatic carbocycles. The molecule has 0 spiro atoms. The maximum Gasteiger partial charge on any atom is 0.335 e. The smallest absolute Gasteiger partial charge is 0.335 e. The lowest BCUT2D eigenvalue weighted by atomic mass is 10.2. The second kappa shape index (κ2) is 5.29. The molecule has 0 unspecified atom stereocenters. The first-order chi connectivity index (χ1) is 9.65. The van der Waals surface area contributed by atoms with E-state index in [4.69, 9.17) is 5.11 Å². The summed E-state index contributed by atoms with van der Waals surface area (Å²) < 4.78 is 3.60. The lowest BCUT2D eigenvalue weighted by Gasteiger charge is -2.14. The summed E-state index contributed by atoms with van der Waals surface area (Å²) in [5.74, 6) is -0.919. The van der Waals surface area contributed by atoms with Crippen LogP contribution in [0.1, 0.15) is 17.3 Å². The zero-order valence-corrected chi connectivity index (χ0v) is 12.3. The van der Waals surface area contributed by atoms with Gasteiger partial charge in [-0.1, -0.05) is 0 Å². The number of benzene rings is 1. The van der Waals surface area contributed by atoms with E-state index in [1.165, 1.54) is 23.3 Å². The Bertz CT molecular complexity index is 685. The van der Waals surface area contributed by atoms with Crippen LogP contribution in [0.25, 0.3) is 10.2 Å². The number of carboxylic acids is 1. The van der Waals surface area contributed by atoms with Crippen LogP contribution in [0.2, 0.25) is 0 Å². The van der Waals surface area contributed by atoms with Crippen molar-refractivity contribution in [2.75, 3.05) is 13.2 Å². The van der Waals surface area contributed by atoms with Crippen LogP contribution in [0.15, 0.2) is 27.6 Å². The molecule has 0 saturated heterocycles. The summed E-state index contributed by atoms with van der Waals surface area (Å²) in [4.78, 5) is 17.5. The summed E-state index contributed by atoms with van der Waals surface area (Å²) in [5, 5.41) is 13.3. The monoisotopic (exact) mass is 308 g/mol. The van der Waals surface area contributed by atoms with Gasteiger partial charge in [-0.15, -0.1) is 11.3 Å². The van der Waals surface area contributed by atoms with Gasteiger partial charge < -0.3 is 10.0 Å². The van der Waals surface area contributed by atoms with Crippen molar-refractivity contribution in [3.63, 3.8) is 0 Å². The van der Waals surface area contributed by atoms with E-state index >= 15 is 0 Å². The summed E-state index contributed by atoms with van der Waals surface area (Å²) in [5.41, 5.74) is 1.10. The molecule has 0 radical (unpaired) electrons. The maximum absolute atomic E-state index is 10.9. The fourth-order valence-electron chi connectivity index (χ4n) is 1.76. The summed E-state index contributed by atoms with van der Waals surface area (Å²) in [6.07, 6.45) is 1.81. The average Bonchev–Trinajstić information content (AvgIpc) is 3.03. The number of fused-ring (bicyclic) bond motifs is 1. The molecule has 2 heterocycles. The van der Waals surface area contributed by atoms with Gasteiger partial charge in [0, 0.05) is 18.5 Å². The van der Waals surface area contributed by atoms with Gasteiger partial charge in [0.1, 0.15) is 13.0 Å².